The molecule has 2 saturated carbocycles. The normalized spacial score (nSPS) is 45.2. The van der Waals surface area contributed by atoms with Crippen LogP contribution in [0.1, 0.15) is 53.4 Å². The predicted molar refractivity (Wildman–Crippen MR) is 69.0 cm³/mol. The van der Waals surface area contributed by atoms with Crippen molar-refractivity contribution < 1.29 is 14.7 Å². The van der Waals surface area contributed by atoms with Crippen molar-refractivity contribution in [3.63, 3.8) is 0 Å². The third-order valence-corrected chi connectivity index (χ3v) is 5.61. The average Bonchev–Trinajstić information content (AvgIpc) is 2.28. The van der Waals surface area contributed by atoms with E-state index in [1.165, 1.54) is 0 Å². The van der Waals surface area contributed by atoms with Crippen molar-refractivity contribution in [2.75, 3.05) is 0 Å². The molecule has 2 fully saturated rings. The molecule has 0 spiro atoms. The molecule has 2 aliphatic rings. The summed E-state index contributed by atoms with van der Waals surface area (Å²) in [6.45, 7) is 8.00. The molecule has 0 aromatic carbocycles. The lowest BCUT2D eigenvalue weighted by Crippen LogP contribution is -2.59. The summed E-state index contributed by atoms with van der Waals surface area (Å²) < 4.78 is 0. The Kier molecular flexibility index (Phi) is 3.17. The molecular formula is C15H24O3. The molecule has 0 heterocycles. The Bertz CT molecular complexity index is 387. The minimum atomic E-state index is -1.24. The van der Waals surface area contributed by atoms with Gasteiger partial charge in [-0.15, -0.1) is 0 Å². The molecule has 0 amide bonds. The number of carbonyl (C=O) groups excluding carboxylic acids is 2. The van der Waals surface area contributed by atoms with E-state index in [2.05, 4.69) is 13.8 Å². The van der Waals surface area contributed by atoms with Crippen LogP contribution in [0.25, 0.3) is 0 Å². The number of aliphatic hydroxyl groups is 1. The highest BCUT2D eigenvalue weighted by atomic mass is 16.3. The van der Waals surface area contributed by atoms with E-state index in [-0.39, 0.29) is 35.2 Å². The lowest BCUT2D eigenvalue weighted by molar-refractivity contribution is -0.170. The number of carbonyl (C=O) groups is 2. The summed E-state index contributed by atoms with van der Waals surface area (Å²) in [7, 11) is 0. The molecule has 4 atom stereocenters. The molecule has 0 bridgehead atoms. The SMILES string of the molecule is CC(C)C1(O)CC2(C)C(C)CCC(=O)C2CC1=O. The van der Waals surface area contributed by atoms with Gasteiger partial charge in [-0.2, -0.15) is 0 Å². The van der Waals surface area contributed by atoms with Gasteiger partial charge in [-0.3, -0.25) is 9.59 Å². The Labute approximate surface area is 109 Å². The lowest BCUT2D eigenvalue weighted by atomic mass is 9.51. The van der Waals surface area contributed by atoms with Crippen LogP contribution >= 0.6 is 0 Å². The van der Waals surface area contributed by atoms with Crippen LogP contribution < -0.4 is 0 Å². The fourth-order valence-electron chi connectivity index (χ4n) is 3.79. The zero-order valence-corrected chi connectivity index (χ0v) is 11.8. The van der Waals surface area contributed by atoms with Gasteiger partial charge in [-0.05, 0) is 30.1 Å². The summed E-state index contributed by atoms with van der Waals surface area (Å²) in [4.78, 5) is 24.3. The van der Waals surface area contributed by atoms with E-state index >= 15 is 0 Å². The summed E-state index contributed by atoms with van der Waals surface area (Å²) in [5.74, 6) is 0.204. The molecule has 4 unspecified atom stereocenters. The Morgan fingerprint density at radius 3 is 2.50 bits per heavy atom. The van der Waals surface area contributed by atoms with E-state index < -0.39 is 5.60 Å². The molecule has 0 radical (unpaired) electrons. The topological polar surface area (TPSA) is 54.4 Å². The standard InChI is InChI=1S/C15H24O3/c1-9(2)15(18)8-14(4)10(3)5-6-12(16)11(14)7-13(15)17/h9-11,18H,5-8H2,1-4H3. The van der Waals surface area contributed by atoms with Gasteiger partial charge in [-0.25, -0.2) is 0 Å². The van der Waals surface area contributed by atoms with Gasteiger partial charge in [0, 0.05) is 18.8 Å². The van der Waals surface area contributed by atoms with Gasteiger partial charge in [0.05, 0.1) is 0 Å². The van der Waals surface area contributed by atoms with Gasteiger partial charge in [0.2, 0.25) is 0 Å². The van der Waals surface area contributed by atoms with E-state index in [9.17, 15) is 14.7 Å². The quantitative estimate of drug-likeness (QED) is 0.779. The zero-order valence-electron chi connectivity index (χ0n) is 11.8. The van der Waals surface area contributed by atoms with Gasteiger partial charge in [0.1, 0.15) is 11.4 Å². The molecule has 2 aliphatic carbocycles. The fourth-order valence-corrected chi connectivity index (χ4v) is 3.79. The average molecular weight is 252 g/mol. The van der Waals surface area contributed by atoms with Crippen molar-refractivity contribution in [1.82, 2.24) is 0 Å². The first-order valence-corrected chi connectivity index (χ1v) is 7.00. The van der Waals surface area contributed by atoms with Crippen molar-refractivity contribution in [3.8, 4) is 0 Å². The second-order valence-electron chi connectivity index (χ2n) is 6.85. The zero-order chi connectivity index (χ0) is 13.7. The van der Waals surface area contributed by atoms with E-state index in [1.807, 2.05) is 13.8 Å². The monoisotopic (exact) mass is 252 g/mol. The fraction of sp³-hybridized carbons (Fsp3) is 0.867. The molecule has 102 valence electrons. The highest BCUT2D eigenvalue weighted by Gasteiger charge is 2.58. The molecule has 3 heteroatoms. The van der Waals surface area contributed by atoms with Crippen LogP contribution in [0.5, 0.6) is 0 Å². The molecule has 18 heavy (non-hydrogen) atoms. The summed E-state index contributed by atoms with van der Waals surface area (Å²) in [5.41, 5.74) is -1.46. The molecule has 0 saturated heterocycles. The number of rotatable bonds is 1. The van der Waals surface area contributed by atoms with Crippen LogP contribution in [-0.2, 0) is 9.59 Å². The maximum Gasteiger partial charge on any atom is 0.165 e. The summed E-state index contributed by atoms with van der Waals surface area (Å²) in [6, 6.07) is 0. The highest BCUT2D eigenvalue weighted by Crippen LogP contribution is 2.54. The van der Waals surface area contributed by atoms with E-state index in [1.54, 1.807) is 0 Å². The summed E-state index contributed by atoms with van der Waals surface area (Å²) in [6.07, 6.45) is 2.14. The first-order chi connectivity index (χ1) is 8.21. The highest BCUT2D eigenvalue weighted by molar-refractivity contribution is 5.95. The van der Waals surface area contributed by atoms with Crippen molar-refractivity contribution in [2.45, 2.75) is 59.0 Å². The predicted octanol–water partition coefficient (Wildman–Crippen LogP) is 2.36. The molecule has 3 nitrogen and oxygen atoms in total. The number of fused-ring (bicyclic) bond motifs is 1. The van der Waals surface area contributed by atoms with Crippen LogP contribution in [0.4, 0.5) is 0 Å². The molecule has 2 rings (SSSR count). The summed E-state index contributed by atoms with van der Waals surface area (Å²) in [5, 5.41) is 10.7. The van der Waals surface area contributed by atoms with Gasteiger partial charge < -0.3 is 5.11 Å². The van der Waals surface area contributed by atoms with Crippen LogP contribution in [0.2, 0.25) is 0 Å². The third-order valence-electron chi connectivity index (χ3n) is 5.61. The van der Waals surface area contributed by atoms with E-state index in [0.717, 1.165) is 6.42 Å². The van der Waals surface area contributed by atoms with Crippen LogP contribution in [0, 0.1) is 23.2 Å². The molecule has 0 aliphatic heterocycles. The first kappa shape index (κ1) is 13.7. The third kappa shape index (κ3) is 1.75. The van der Waals surface area contributed by atoms with Gasteiger partial charge >= 0.3 is 0 Å². The van der Waals surface area contributed by atoms with Crippen molar-refractivity contribution >= 4 is 11.6 Å². The number of ketones is 2. The Balaban J connectivity index is 2.39. The first-order valence-electron chi connectivity index (χ1n) is 7.00. The lowest BCUT2D eigenvalue weighted by Gasteiger charge is -2.53. The van der Waals surface area contributed by atoms with Crippen LogP contribution in [-0.4, -0.2) is 22.3 Å². The maximum absolute atomic E-state index is 12.2. The second-order valence-corrected chi connectivity index (χ2v) is 6.85. The smallest absolute Gasteiger partial charge is 0.165 e. The van der Waals surface area contributed by atoms with Crippen LogP contribution in [0.3, 0.4) is 0 Å². The van der Waals surface area contributed by atoms with E-state index in [4.69, 9.17) is 0 Å². The summed E-state index contributed by atoms with van der Waals surface area (Å²) >= 11 is 0. The Morgan fingerprint density at radius 1 is 1.33 bits per heavy atom. The Hall–Kier alpha value is -0.700. The second kappa shape index (κ2) is 4.16. The van der Waals surface area contributed by atoms with Crippen molar-refractivity contribution in [3.05, 3.63) is 0 Å². The maximum atomic E-state index is 12.2. The van der Waals surface area contributed by atoms with Gasteiger partial charge in [-0.1, -0.05) is 27.7 Å². The van der Waals surface area contributed by atoms with E-state index in [0.29, 0.717) is 18.8 Å². The molecular weight excluding hydrogens is 228 g/mol. The minimum Gasteiger partial charge on any atom is -0.382 e. The van der Waals surface area contributed by atoms with Crippen molar-refractivity contribution in [1.29, 1.82) is 0 Å². The largest absolute Gasteiger partial charge is 0.382 e. The number of Topliss-reactive ketones (excluding diaryl/α,β-unsaturated/α-hetero) is 2. The minimum absolute atomic E-state index is 0.0907. The van der Waals surface area contributed by atoms with Gasteiger partial charge in [0.25, 0.3) is 0 Å². The number of hydrogen-bond donors (Lipinski definition) is 1. The van der Waals surface area contributed by atoms with Crippen LogP contribution in [0.15, 0.2) is 0 Å². The van der Waals surface area contributed by atoms with Gasteiger partial charge in [0.15, 0.2) is 5.78 Å². The molecule has 0 aromatic rings. The van der Waals surface area contributed by atoms with Crippen molar-refractivity contribution in [2.24, 2.45) is 23.2 Å². The Morgan fingerprint density at radius 2 is 1.94 bits per heavy atom. The number of hydrogen-bond acceptors (Lipinski definition) is 3. The molecule has 0 aromatic heterocycles. The molecule has 1 N–H and O–H groups in total.